The lowest BCUT2D eigenvalue weighted by Crippen LogP contribution is -2.61. The Bertz CT molecular complexity index is 1500. The Kier molecular flexibility index (Phi) is 13.0. The van der Waals surface area contributed by atoms with E-state index in [4.69, 9.17) is 5.73 Å². The van der Waals surface area contributed by atoms with Crippen LogP contribution in [0.15, 0.2) is 60.8 Å². The second-order valence-corrected chi connectivity index (χ2v) is 12.2. The van der Waals surface area contributed by atoms with Crippen LogP contribution in [-0.4, -0.2) is 75.8 Å². The Morgan fingerprint density at radius 3 is 1.98 bits per heavy atom. The molecule has 1 aromatic heterocycles. The van der Waals surface area contributed by atoms with Crippen molar-refractivity contribution in [2.75, 3.05) is 0 Å². The Morgan fingerprint density at radius 2 is 1.37 bits per heavy atom. The van der Waals surface area contributed by atoms with Crippen molar-refractivity contribution >= 4 is 40.3 Å². The number of nitrogens with one attached hydrogen (secondary N) is 5. The van der Waals surface area contributed by atoms with Crippen LogP contribution in [-0.2, 0) is 36.8 Å². The van der Waals surface area contributed by atoms with Gasteiger partial charge in [-0.25, -0.2) is 0 Å². The fourth-order valence-corrected chi connectivity index (χ4v) is 5.23. The molecule has 5 atom stereocenters. The van der Waals surface area contributed by atoms with Crippen molar-refractivity contribution in [2.24, 2.45) is 11.7 Å². The monoisotopic (exact) mass is 634 g/mol. The van der Waals surface area contributed by atoms with Gasteiger partial charge in [0.05, 0.1) is 24.6 Å². The van der Waals surface area contributed by atoms with Gasteiger partial charge in [-0.1, -0.05) is 76.2 Å². The third kappa shape index (κ3) is 10.2. The molecule has 2 aromatic carbocycles. The lowest BCUT2D eigenvalue weighted by Gasteiger charge is -2.28. The number of Topliss-reactive ketones (excluding diaryl/α,β-unsaturated/α-hetero) is 1. The zero-order valence-electron chi connectivity index (χ0n) is 27.0. The molecular formula is C34H46N6O6. The number of aromatic nitrogens is 1. The minimum Gasteiger partial charge on any atom is -0.391 e. The minimum absolute atomic E-state index is 0.0925. The summed E-state index contributed by atoms with van der Waals surface area (Å²) < 4.78 is 0. The standard InChI is InChI=1S/C34H46N6O6/c1-19(2)31(43)26(15-22-11-7-6-8-12-22)38-34(46)30(21(5)41)40-33(45)28(17-29(35)42)39-32(44)27(37-20(3)4)16-23-18-36-25-14-10-9-13-24(23)25/h6-14,18-21,26-28,30,36-37,41H,15-17H2,1-5H3,(H2,35,42)(H,38,46)(H,39,44)(H,40,45)/t21-,26+,27-,28+,30+/m1/s1. The molecule has 12 nitrogen and oxygen atoms in total. The van der Waals surface area contributed by atoms with E-state index in [0.29, 0.717) is 0 Å². The number of carbonyl (C=O) groups excluding carboxylic acids is 5. The van der Waals surface area contributed by atoms with E-state index in [9.17, 15) is 29.1 Å². The summed E-state index contributed by atoms with van der Waals surface area (Å²) in [5.41, 5.74) is 8.04. The Hall–Kier alpha value is -4.55. The average molecular weight is 635 g/mol. The number of hydrogen-bond donors (Lipinski definition) is 7. The lowest BCUT2D eigenvalue weighted by atomic mass is 9.95. The number of aromatic amines is 1. The minimum atomic E-state index is -1.49. The quantitative estimate of drug-likeness (QED) is 0.116. The third-order valence-corrected chi connectivity index (χ3v) is 7.56. The Labute approximate surface area is 269 Å². The number of hydrogen-bond acceptors (Lipinski definition) is 7. The molecule has 0 spiro atoms. The summed E-state index contributed by atoms with van der Waals surface area (Å²) in [5, 5.41) is 22.4. The zero-order valence-corrected chi connectivity index (χ0v) is 27.0. The van der Waals surface area contributed by atoms with Crippen LogP contribution >= 0.6 is 0 Å². The van der Waals surface area contributed by atoms with Crippen LogP contribution < -0.4 is 27.0 Å². The first-order chi connectivity index (χ1) is 21.8. The number of fused-ring (bicyclic) bond motifs is 1. The summed E-state index contributed by atoms with van der Waals surface area (Å²) in [7, 11) is 0. The lowest BCUT2D eigenvalue weighted by molar-refractivity contribution is -0.136. The molecule has 3 rings (SSSR count). The van der Waals surface area contributed by atoms with Crippen molar-refractivity contribution < 1.29 is 29.1 Å². The topological polar surface area (TPSA) is 196 Å². The van der Waals surface area contributed by atoms with Gasteiger partial charge in [-0.15, -0.1) is 0 Å². The highest BCUT2D eigenvalue weighted by Crippen LogP contribution is 2.19. The molecule has 0 unspecified atom stereocenters. The predicted octanol–water partition coefficient (Wildman–Crippen LogP) is 1.26. The number of para-hydroxylation sites is 1. The molecule has 248 valence electrons. The summed E-state index contributed by atoms with van der Waals surface area (Å²) in [6, 6.07) is 12.1. The smallest absolute Gasteiger partial charge is 0.245 e. The molecule has 0 saturated heterocycles. The molecule has 0 radical (unpaired) electrons. The highest BCUT2D eigenvalue weighted by Gasteiger charge is 2.34. The second-order valence-electron chi connectivity index (χ2n) is 12.2. The van der Waals surface area contributed by atoms with Crippen LogP contribution in [0.4, 0.5) is 0 Å². The van der Waals surface area contributed by atoms with E-state index < -0.39 is 60.3 Å². The first-order valence-electron chi connectivity index (χ1n) is 15.5. The summed E-state index contributed by atoms with van der Waals surface area (Å²) in [4.78, 5) is 68.6. The second kappa shape index (κ2) is 16.7. The summed E-state index contributed by atoms with van der Waals surface area (Å²) in [5.74, 6) is -3.69. The van der Waals surface area contributed by atoms with Crippen molar-refractivity contribution in [3.63, 3.8) is 0 Å². The molecule has 0 fully saturated rings. The number of aliphatic hydroxyl groups excluding tert-OH is 1. The van der Waals surface area contributed by atoms with Crippen molar-refractivity contribution in [3.8, 4) is 0 Å². The zero-order chi connectivity index (χ0) is 34.0. The summed E-state index contributed by atoms with van der Waals surface area (Å²) in [6.07, 6.45) is 0.393. The number of benzene rings is 2. The maximum atomic E-state index is 13.6. The number of amides is 4. The van der Waals surface area contributed by atoms with E-state index in [2.05, 4.69) is 26.3 Å². The van der Waals surface area contributed by atoms with Gasteiger partial charge in [0.15, 0.2) is 5.78 Å². The highest BCUT2D eigenvalue weighted by atomic mass is 16.3. The van der Waals surface area contributed by atoms with E-state index in [1.165, 1.54) is 6.92 Å². The maximum absolute atomic E-state index is 13.6. The molecule has 8 N–H and O–H groups in total. The number of rotatable bonds is 17. The maximum Gasteiger partial charge on any atom is 0.245 e. The fourth-order valence-electron chi connectivity index (χ4n) is 5.23. The van der Waals surface area contributed by atoms with Crippen LogP contribution in [0, 0.1) is 5.92 Å². The SMILES string of the molecule is CC(C)N[C@H](Cc1c[nH]c2ccccc12)C(=O)N[C@@H](CC(N)=O)C(=O)N[C@H](C(=O)N[C@@H](Cc1ccccc1)C(=O)C(C)C)[C@@H](C)O. The van der Waals surface area contributed by atoms with Gasteiger partial charge in [-0.3, -0.25) is 24.0 Å². The van der Waals surface area contributed by atoms with E-state index in [1.54, 1.807) is 13.8 Å². The number of aliphatic hydroxyl groups is 1. The first kappa shape index (κ1) is 35.9. The van der Waals surface area contributed by atoms with Gasteiger partial charge in [-0.2, -0.15) is 0 Å². The summed E-state index contributed by atoms with van der Waals surface area (Å²) >= 11 is 0. The normalized spacial score (nSPS) is 14.7. The van der Waals surface area contributed by atoms with E-state index in [1.807, 2.05) is 74.6 Å². The molecule has 46 heavy (non-hydrogen) atoms. The van der Waals surface area contributed by atoms with E-state index in [-0.39, 0.29) is 30.6 Å². The number of carbonyl (C=O) groups is 5. The van der Waals surface area contributed by atoms with Crippen LogP contribution in [0.2, 0.25) is 0 Å². The average Bonchev–Trinajstić information content (AvgIpc) is 3.40. The molecule has 0 bridgehead atoms. The molecule has 0 aliphatic rings. The van der Waals surface area contributed by atoms with E-state index in [0.717, 1.165) is 22.0 Å². The van der Waals surface area contributed by atoms with Crippen molar-refractivity contribution in [1.29, 1.82) is 0 Å². The molecule has 3 aromatic rings. The molecule has 0 aliphatic carbocycles. The number of nitrogens with two attached hydrogens (primary N) is 1. The molecule has 0 saturated carbocycles. The van der Waals surface area contributed by atoms with Crippen molar-refractivity contribution in [3.05, 3.63) is 71.9 Å². The number of ketones is 1. The first-order valence-corrected chi connectivity index (χ1v) is 15.5. The van der Waals surface area contributed by atoms with Gasteiger partial charge in [0.25, 0.3) is 0 Å². The van der Waals surface area contributed by atoms with Crippen LogP contribution in [0.25, 0.3) is 10.9 Å². The van der Waals surface area contributed by atoms with E-state index >= 15 is 0 Å². The van der Waals surface area contributed by atoms with Crippen LogP contribution in [0.5, 0.6) is 0 Å². The van der Waals surface area contributed by atoms with Gasteiger partial charge in [-0.05, 0) is 37.0 Å². The van der Waals surface area contributed by atoms with Gasteiger partial charge >= 0.3 is 0 Å². The molecule has 12 heteroatoms. The Balaban J connectivity index is 1.78. The fraction of sp³-hybridized carbons (Fsp3) is 0.441. The van der Waals surface area contributed by atoms with Gasteiger partial charge in [0.1, 0.15) is 12.1 Å². The summed E-state index contributed by atoms with van der Waals surface area (Å²) in [6.45, 7) is 8.51. The van der Waals surface area contributed by atoms with Gasteiger partial charge < -0.3 is 37.1 Å². The van der Waals surface area contributed by atoms with Crippen molar-refractivity contribution in [1.82, 2.24) is 26.3 Å². The predicted molar refractivity (Wildman–Crippen MR) is 175 cm³/mol. The molecule has 1 heterocycles. The largest absolute Gasteiger partial charge is 0.391 e. The van der Waals surface area contributed by atoms with Crippen molar-refractivity contribution in [2.45, 2.75) is 90.2 Å². The Morgan fingerprint density at radius 1 is 0.761 bits per heavy atom. The van der Waals surface area contributed by atoms with Gasteiger partial charge in [0, 0.05) is 29.1 Å². The van der Waals surface area contributed by atoms with Crippen LogP contribution in [0.1, 0.15) is 52.2 Å². The number of primary amides is 1. The molecular weight excluding hydrogens is 588 g/mol. The molecule has 0 aliphatic heterocycles. The number of H-pyrrole nitrogens is 1. The van der Waals surface area contributed by atoms with Gasteiger partial charge in [0.2, 0.25) is 23.6 Å². The van der Waals surface area contributed by atoms with Crippen LogP contribution in [0.3, 0.4) is 0 Å². The molecule has 4 amide bonds. The third-order valence-electron chi connectivity index (χ3n) is 7.56. The highest BCUT2D eigenvalue weighted by molar-refractivity contribution is 5.97.